The van der Waals surface area contributed by atoms with Gasteiger partial charge in [0, 0.05) is 0 Å². The van der Waals surface area contributed by atoms with E-state index in [-0.39, 0.29) is 20.3 Å². The summed E-state index contributed by atoms with van der Waals surface area (Å²) < 4.78 is 34.4. The molecule has 0 aliphatic carbocycles. The summed E-state index contributed by atoms with van der Waals surface area (Å²) in [5.41, 5.74) is 0. The van der Waals surface area contributed by atoms with Crippen LogP contribution >= 0.6 is 0 Å². The van der Waals surface area contributed by atoms with Crippen LogP contribution in [0.5, 0.6) is 0 Å². The molecule has 0 spiro atoms. The molecule has 0 aromatic heterocycles. The maximum Gasteiger partial charge on any atom is 1.00 e. The van der Waals surface area contributed by atoms with E-state index in [1.165, 1.54) is 6.92 Å². The maximum absolute atomic E-state index is 11.3. The van der Waals surface area contributed by atoms with Crippen LogP contribution in [0.15, 0.2) is 0 Å². The molecule has 0 rings (SSSR count). The molecule has 9 heavy (non-hydrogen) atoms. The van der Waals surface area contributed by atoms with Crippen LogP contribution in [-0.4, -0.2) is 21.5 Å². The summed E-state index contributed by atoms with van der Waals surface area (Å²) in [6.07, 6.45) is -0.853. The Hall–Kier alpha value is 0.597. The second-order valence-electron chi connectivity index (χ2n) is 1.27. The van der Waals surface area contributed by atoms with Crippen LogP contribution in [0, 0.1) is 0 Å². The quantitative estimate of drug-likeness (QED) is 0.323. The van der Waals surface area contributed by atoms with Crippen LogP contribution in [0.4, 0.5) is 4.39 Å². The molecule has 2 unspecified atom stereocenters. The molecule has 0 aromatic carbocycles. The Bertz CT molecular complexity index is 95.8. The van der Waals surface area contributed by atoms with Crippen LogP contribution in [0.3, 0.4) is 0 Å². The summed E-state index contributed by atoms with van der Waals surface area (Å²) in [5, 5.41) is 0. The third-order valence-corrected chi connectivity index (χ3v) is 0.946. The van der Waals surface area contributed by atoms with E-state index in [9.17, 15) is 13.2 Å². The van der Waals surface area contributed by atoms with Gasteiger partial charge >= 0.3 is 18.9 Å². The molecule has 52 valence electrons. The van der Waals surface area contributed by atoms with Crippen molar-refractivity contribution in [2.45, 2.75) is 13.0 Å². The molecule has 0 aliphatic rings. The van der Waals surface area contributed by atoms with Gasteiger partial charge in [0.05, 0.1) is 17.5 Å². The van der Waals surface area contributed by atoms with Gasteiger partial charge in [0.2, 0.25) is 0 Å². The van der Waals surface area contributed by atoms with E-state index >= 15 is 0 Å². The number of alkyl halides is 1. The number of hydrogen-bond acceptors (Lipinski definition) is 3. The van der Waals surface area contributed by atoms with Crippen LogP contribution in [0.2, 0.25) is 0 Å². The van der Waals surface area contributed by atoms with E-state index in [1.54, 1.807) is 0 Å². The largest absolute Gasteiger partial charge is 1.00 e. The Balaban J connectivity index is -0.000000245. The molecular weight excluding hydrogens is 142 g/mol. The molecule has 6 heteroatoms. The average molecular weight is 149 g/mol. The molecule has 2 atom stereocenters. The molecule has 0 saturated heterocycles. The number of rotatable bonds is 3. The molecule has 0 heterocycles. The minimum Gasteiger partial charge on any atom is -1.00 e. The van der Waals surface area contributed by atoms with Crippen molar-refractivity contribution >= 4 is 11.4 Å². The van der Waals surface area contributed by atoms with E-state index in [4.69, 9.17) is 0 Å². The second kappa shape index (κ2) is 6.71. The number of hydrogen-bond donors (Lipinski definition) is 0. The molecule has 3 nitrogen and oxygen atoms in total. The first-order chi connectivity index (χ1) is 3.66. The van der Waals surface area contributed by atoms with E-state index in [2.05, 4.69) is 4.18 Å². The predicted octanol–water partition coefficient (Wildman–Crippen LogP) is -2.73. The van der Waals surface area contributed by atoms with Gasteiger partial charge in [0.25, 0.3) is 0 Å². The van der Waals surface area contributed by atoms with Gasteiger partial charge in [0.15, 0.2) is 0 Å². The van der Waals surface area contributed by atoms with E-state index < -0.39 is 24.1 Å². The van der Waals surface area contributed by atoms with Gasteiger partial charge < -0.3 is 5.98 Å². The Morgan fingerprint density at radius 1 is 2.00 bits per heavy atom. The Labute approximate surface area is 69.1 Å². The monoisotopic (exact) mass is 149 g/mol. The van der Waals surface area contributed by atoms with Crippen molar-refractivity contribution in [2.75, 3.05) is 6.67 Å². The average Bonchev–Trinajstić information content (AvgIpc) is 1.65. The summed E-state index contributed by atoms with van der Waals surface area (Å²) >= 11 is -2.59. The smallest absolute Gasteiger partial charge is 1.00 e. The molecule has 0 aliphatic heterocycles. The molecule has 0 amide bonds. The summed E-state index contributed by atoms with van der Waals surface area (Å²) in [5.74, 6) is 0. The molecule has 0 fully saturated rings. The fourth-order valence-corrected chi connectivity index (χ4v) is 0.480. The molecule has 0 saturated carbocycles. The van der Waals surface area contributed by atoms with E-state index in [0.29, 0.717) is 0 Å². The maximum atomic E-state index is 11.3. The van der Waals surface area contributed by atoms with Crippen molar-refractivity contribution in [1.82, 2.24) is 0 Å². The molecule has 0 bridgehead atoms. The predicted molar refractivity (Wildman–Crippen MR) is 26.6 cm³/mol. The van der Waals surface area contributed by atoms with Crippen LogP contribution in [-0.2, 0) is 15.5 Å². The topological polar surface area (TPSA) is 49.4 Å². The third-order valence-electron chi connectivity index (χ3n) is 0.460. The van der Waals surface area contributed by atoms with Gasteiger partial charge in [-0.05, 0) is 6.92 Å². The molecule has 0 aromatic rings. The van der Waals surface area contributed by atoms with Gasteiger partial charge in [-0.3, -0.25) is 4.18 Å². The minimum atomic E-state index is -2.59. The second-order valence-corrected chi connectivity index (χ2v) is 1.87. The van der Waals surface area contributed by atoms with Crippen LogP contribution in [0.1, 0.15) is 8.35 Å². The zero-order valence-electron chi connectivity index (χ0n) is 6.30. The Morgan fingerprint density at radius 2 is 2.44 bits per heavy atom. The van der Waals surface area contributed by atoms with Crippen molar-refractivity contribution in [1.29, 1.82) is 0 Å². The van der Waals surface area contributed by atoms with Crippen LogP contribution < -0.4 is 18.9 Å². The van der Waals surface area contributed by atoms with Crippen molar-refractivity contribution in [3.8, 4) is 0 Å². The molecule has 0 N–H and O–H groups in total. The zero-order valence-corrected chi connectivity index (χ0v) is 6.11. The first-order valence-corrected chi connectivity index (χ1v) is 2.99. The van der Waals surface area contributed by atoms with Gasteiger partial charge in [-0.1, -0.05) is 0 Å². The summed E-state index contributed by atoms with van der Waals surface area (Å²) in [6, 6.07) is 0. The fourth-order valence-electron chi connectivity index (χ4n) is 0.160. The van der Waals surface area contributed by atoms with E-state index in [0.717, 1.165) is 0 Å². The summed E-state index contributed by atoms with van der Waals surface area (Å²) in [7, 11) is 0. The first-order valence-electron chi connectivity index (χ1n) is 1.99. The molecular formula is C3H7FLiO3S-. The van der Waals surface area contributed by atoms with Gasteiger partial charge in [-0.2, -0.15) is 0 Å². The van der Waals surface area contributed by atoms with Gasteiger partial charge in [0.1, 0.15) is 6.67 Å². The SMILES string of the molecule is CC(CF)OS(=O)[O-].[H-].[Li+]. The normalized spacial score (nSPS) is 15.9. The summed E-state index contributed by atoms with van der Waals surface area (Å²) in [6.45, 7) is 0.545. The fraction of sp³-hybridized carbons (Fsp3) is 1.00. The Kier molecular flexibility index (Phi) is 9.17. The third kappa shape index (κ3) is 8.60. The van der Waals surface area contributed by atoms with Crippen molar-refractivity contribution in [3.63, 3.8) is 0 Å². The van der Waals surface area contributed by atoms with Crippen molar-refractivity contribution in [3.05, 3.63) is 0 Å². The summed E-state index contributed by atoms with van der Waals surface area (Å²) in [4.78, 5) is 0. The van der Waals surface area contributed by atoms with Gasteiger partial charge in [-0.25, -0.2) is 8.60 Å². The zero-order chi connectivity index (χ0) is 6.57. The van der Waals surface area contributed by atoms with Crippen molar-refractivity contribution in [2.24, 2.45) is 0 Å². The Morgan fingerprint density at radius 3 is 2.56 bits per heavy atom. The van der Waals surface area contributed by atoms with Gasteiger partial charge in [-0.15, -0.1) is 0 Å². The number of halogens is 1. The van der Waals surface area contributed by atoms with Crippen molar-refractivity contribution < 1.29 is 37.6 Å². The minimum absolute atomic E-state index is 0. The van der Waals surface area contributed by atoms with E-state index in [1.807, 2.05) is 0 Å². The van der Waals surface area contributed by atoms with Crippen LogP contribution in [0.25, 0.3) is 0 Å². The molecule has 0 radical (unpaired) electrons. The first kappa shape index (κ1) is 12.3. The standard InChI is InChI=1S/C3H7FO3S.Li.H/c1-3(2-4)7-8(5)6;;/h3H,2H2,1H3,(H,5,6);;/q;+1;-1/p-1.